The zero-order valence-electron chi connectivity index (χ0n) is 10.0. The molecule has 1 rings (SSSR count). The third-order valence-electron chi connectivity index (χ3n) is 2.32. The van der Waals surface area contributed by atoms with E-state index in [1.807, 2.05) is 18.2 Å². The molecule has 0 saturated heterocycles. The Kier molecular flexibility index (Phi) is 4.87. The maximum absolute atomic E-state index is 10.6. The quantitative estimate of drug-likeness (QED) is 0.582. The number of benzene rings is 1. The molecule has 0 aliphatic rings. The van der Waals surface area contributed by atoms with E-state index >= 15 is 0 Å². The monoisotopic (exact) mass is 238 g/mol. The van der Waals surface area contributed by atoms with Crippen LogP contribution in [0.3, 0.4) is 0 Å². The van der Waals surface area contributed by atoms with Gasteiger partial charge in [-0.3, -0.25) is 4.79 Å². The van der Waals surface area contributed by atoms with Gasteiger partial charge in [0.1, 0.15) is 6.61 Å². The van der Waals surface area contributed by atoms with Crippen LogP contribution in [0, 0.1) is 0 Å². The van der Waals surface area contributed by atoms with Gasteiger partial charge in [-0.2, -0.15) is 0 Å². The Morgan fingerprint density at radius 1 is 1.31 bits per heavy atom. The van der Waals surface area contributed by atoms with Gasteiger partial charge in [0.05, 0.1) is 0 Å². The zero-order chi connectivity index (χ0) is 12.0. The van der Waals surface area contributed by atoms with E-state index in [9.17, 15) is 4.79 Å². The Morgan fingerprint density at radius 2 is 1.94 bits per heavy atom. The summed E-state index contributed by atoms with van der Waals surface area (Å²) in [5.41, 5.74) is 1.29. The number of thioether (sulfide) groups is 1. The SMILES string of the molecule is CC(=O)OCCSC(C)(C)c1ccccc1. The first-order chi connectivity index (χ1) is 7.52. The van der Waals surface area contributed by atoms with Crippen molar-refractivity contribution in [1.82, 2.24) is 0 Å². The van der Waals surface area contributed by atoms with Crippen molar-refractivity contribution in [2.24, 2.45) is 0 Å². The van der Waals surface area contributed by atoms with Crippen molar-refractivity contribution in [3.05, 3.63) is 35.9 Å². The highest BCUT2D eigenvalue weighted by molar-refractivity contribution is 8.00. The molecule has 2 nitrogen and oxygen atoms in total. The summed E-state index contributed by atoms with van der Waals surface area (Å²) in [7, 11) is 0. The fourth-order valence-electron chi connectivity index (χ4n) is 1.41. The van der Waals surface area contributed by atoms with Crippen molar-refractivity contribution in [3.63, 3.8) is 0 Å². The number of ether oxygens (including phenoxy) is 1. The predicted molar refractivity (Wildman–Crippen MR) is 68.6 cm³/mol. The smallest absolute Gasteiger partial charge is 0.302 e. The number of carbonyl (C=O) groups excluding carboxylic acids is 1. The maximum Gasteiger partial charge on any atom is 0.302 e. The number of esters is 1. The number of hydrogen-bond donors (Lipinski definition) is 0. The van der Waals surface area contributed by atoms with Crippen molar-refractivity contribution in [3.8, 4) is 0 Å². The number of rotatable bonds is 5. The molecule has 0 fully saturated rings. The Bertz CT molecular complexity index is 333. The molecule has 1 aromatic rings. The summed E-state index contributed by atoms with van der Waals surface area (Å²) in [6.07, 6.45) is 0. The van der Waals surface area contributed by atoms with Crippen molar-refractivity contribution >= 4 is 17.7 Å². The van der Waals surface area contributed by atoms with Gasteiger partial charge in [-0.15, -0.1) is 11.8 Å². The van der Waals surface area contributed by atoms with Crippen LogP contribution in [0.2, 0.25) is 0 Å². The lowest BCUT2D eigenvalue weighted by molar-refractivity contribution is -0.140. The van der Waals surface area contributed by atoms with Crippen LogP contribution in [0.5, 0.6) is 0 Å². The Labute approximate surface area is 101 Å². The second-order valence-corrected chi connectivity index (χ2v) is 5.78. The minimum atomic E-state index is -0.210. The summed E-state index contributed by atoms with van der Waals surface area (Å²) in [5, 5.41) is 0. The molecule has 0 N–H and O–H groups in total. The van der Waals surface area contributed by atoms with Crippen molar-refractivity contribution in [2.75, 3.05) is 12.4 Å². The van der Waals surface area contributed by atoms with Gasteiger partial charge in [-0.05, 0) is 19.4 Å². The molecule has 0 radical (unpaired) electrons. The van der Waals surface area contributed by atoms with E-state index in [0.29, 0.717) is 6.61 Å². The topological polar surface area (TPSA) is 26.3 Å². The van der Waals surface area contributed by atoms with E-state index in [-0.39, 0.29) is 10.7 Å². The molecule has 0 spiro atoms. The van der Waals surface area contributed by atoms with Gasteiger partial charge in [0, 0.05) is 17.4 Å². The second kappa shape index (κ2) is 5.94. The fraction of sp³-hybridized carbons (Fsp3) is 0.462. The van der Waals surface area contributed by atoms with E-state index in [2.05, 4.69) is 26.0 Å². The van der Waals surface area contributed by atoms with Crippen LogP contribution < -0.4 is 0 Å². The van der Waals surface area contributed by atoms with Crippen molar-refractivity contribution < 1.29 is 9.53 Å². The van der Waals surface area contributed by atoms with Crippen LogP contribution in [0.4, 0.5) is 0 Å². The molecule has 0 aromatic heterocycles. The molecule has 0 bridgehead atoms. The molecule has 1 aromatic carbocycles. The molecule has 3 heteroatoms. The van der Waals surface area contributed by atoms with Crippen LogP contribution in [-0.2, 0) is 14.3 Å². The van der Waals surface area contributed by atoms with E-state index in [1.165, 1.54) is 12.5 Å². The first-order valence-corrected chi connectivity index (χ1v) is 6.34. The highest BCUT2D eigenvalue weighted by atomic mass is 32.2. The molecule has 16 heavy (non-hydrogen) atoms. The summed E-state index contributed by atoms with van der Waals surface area (Å²) in [6, 6.07) is 10.4. The summed E-state index contributed by atoms with van der Waals surface area (Å²) in [4.78, 5) is 10.6. The molecule has 0 aliphatic carbocycles. The molecular weight excluding hydrogens is 220 g/mol. The summed E-state index contributed by atoms with van der Waals surface area (Å²) in [5.74, 6) is 0.611. The number of hydrogen-bond acceptors (Lipinski definition) is 3. The number of carbonyl (C=O) groups is 1. The van der Waals surface area contributed by atoms with Crippen LogP contribution in [-0.4, -0.2) is 18.3 Å². The lowest BCUT2D eigenvalue weighted by Gasteiger charge is -2.24. The maximum atomic E-state index is 10.6. The van der Waals surface area contributed by atoms with E-state index in [0.717, 1.165) is 5.75 Å². The minimum absolute atomic E-state index is 0.0570. The molecule has 0 unspecified atom stereocenters. The molecular formula is C13H18O2S. The fourth-order valence-corrected chi connectivity index (χ4v) is 2.38. The molecule has 0 aliphatic heterocycles. The first kappa shape index (κ1) is 13.1. The van der Waals surface area contributed by atoms with Gasteiger partial charge in [-0.25, -0.2) is 0 Å². The van der Waals surface area contributed by atoms with Gasteiger partial charge in [0.25, 0.3) is 0 Å². The summed E-state index contributed by atoms with van der Waals surface area (Å²) >= 11 is 1.80. The standard InChI is InChI=1S/C13H18O2S/c1-11(14)15-9-10-16-13(2,3)12-7-5-4-6-8-12/h4-8H,9-10H2,1-3H3. The Morgan fingerprint density at radius 3 is 2.50 bits per heavy atom. The van der Waals surface area contributed by atoms with Crippen molar-refractivity contribution in [1.29, 1.82) is 0 Å². The predicted octanol–water partition coefficient (Wildman–Crippen LogP) is 3.22. The lowest BCUT2D eigenvalue weighted by Crippen LogP contribution is -2.14. The molecule has 0 heterocycles. The van der Waals surface area contributed by atoms with Crippen LogP contribution >= 0.6 is 11.8 Å². The van der Waals surface area contributed by atoms with E-state index in [1.54, 1.807) is 11.8 Å². The summed E-state index contributed by atoms with van der Waals surface area (Å²) in [6.45, 7) is 6.28. The van der Waals surface area contributed by atoms with Gasteiger partial charge in [0.2, 0.25) is 0 Å². The average Bonchev–Trinajstić information content (AvgIpc) is 2.26. The Hall–Kier alpha value is -0.960. The van der Waals surface area contributed by atoms with Gasteiger partial charge < -0.3 is 4.74 Å². The van der Waals surface area contributed by atoms with E-state index < -0.39 is 0 Å². The van der Waals surface area contributed by atoms with Crippen molar-refractivity contribution in [2.45, 2.75) is 25.5 Å². The largest absolute Gasteiger partial charge is 0.465 e. The third kappa shape index (κ3) is 4.27. The minimum Gasteiger partial charge on any atom is -0.465 e. The van der Waals surface area contributed by atoms with E-state index in [4.69, 9.17) is 4.74 Å². The zero-order valence-corrected chi connectivity index (χ0v) is 10.8. The van der Waals surface area contributed by atoms with Crippen LogP contribution in [0.1, 0.15) is 26.3 Å². The Balaban J connectivity index is 2.43. The highest BCUT2D eigenvalue weighted by Gasteiger charge is 2.20. The molecule has 0 saturated carbocycles. The molecule has 0 amide bonds. The van der Waals surface area contributed by atoms with Crippen LogP contribution in [0.15, 0.2) is 30.3 Å². The normalized spacial score (nSPS) is 11.2. The third-order valence-corrected chi connectivity index (χ3v) is 3.65. The molecule has 88 valence electrons. The second-order valence-electron chi connectivity index (χ2n) is 4.06. The highest BCUT2D eigenvalue weighted by Crippen LogP contribution is 2.35. The van der Waals surface area contributed by atoms with Gasteiger partial charge in [0.15, 0.2) is 0 Å². The average molecular weight is 238 g/mol. The van der Waals surface area contributed by atoms with Gasteiger partial charge in [-0.1, -0.05) is 30.3 Å². The summed E-state index contributed by atoms with van der Waals surface area (Å²) < 4.78 is 4.97. The van der Waals surface area contributed by atoms with Gasteiger partial charge >= 0.3 is 5.97 Å². The lowest BCUT2D eigenvalue weighted by atomic mass is 10.0. The first-order valence-electron chi connectivity index (χ1n) is 5.35. The van der Waals surface area contributed by atoms with Crippen LogP contribution in [0.25, 0.3) is 0 Å². The molecule has 0 atom stereocenters.